The zero-order valence-electron chi connectivity index (χ0n) is 16.7. The maximum Gasteiger partial charge on any atom is 0.261 e. The minimum absolute atomic E-state index is 0.0857. The molecule has 150 valence electrons. The number of fused-ring (bicyclic) bond motifs is 3. The van der Waals surface area contributed by atoms with Gasteiger partial charge in [-0.25, -0.2) is 0 Å². The van der Waals surface area contributed by atoms with Crippen LogP contribution in [0, 0.1) is 0 Å². The minimum atomic E-state index is -0.193. The molecule has 3 aromatic carbocycles. The number of carbonyl (C=O) groups is 2. The third-order valence-electron chi connectivity index (χ3n) is 5.94. The monoisotopic (exact) mass is 414 g/mol. The summed E-state index contributed by atoms with van der Waals surface area (Å²) >= 11 is 1.86. The number of thioether (sulfide) groups is 1. The molecule has 0 spiro atoms. The number of hydrogen-bond acceptors (Lipinski definition) is 4. The molecule has 0 saturated heterocycles. The molecule has 0 saturated carbocycles. The van der Waals surface area contributed by atoms with Gasteiger partial charge in [-0.2, -0.15) is 0 Å². The van der Waals surface area contributed by atoms with Gasteiger partial charge in [0.25, 0.3) is 11.8 Å². The summed E-state index contributed by atoms with van der Waals surface area (Å²) in [6.07, 6.45) is 0. The molecule has 2 aliphatic heterocycles. The van der Waals surface area contributed by atoms with Gasteiger partial charge in [0.15, 0.2) is 0 Å². The van der Waals surface area contributed by atoms with Crippen LogP contribution in [0.5, 0.6) is 0 Å². The molecule has 0 fully saturated rings. The molecule has 0 N–H and O–H groups in total. The molecule has 2 heterocycles. The molecular formula is C25H22N2O2S. The topological polar surface area (TPSA) is 40.6 Å². The Hall–Kier alpha value is -2.89. The summed E-state index contributed by atoms with van der Waals surface area (Å²) in [6.45, 7) is 0.973. The molecule has 5 heteroatoms. The first-order valence-electron chi connectivity index (χ1n) is 10.1. The lowest BCUT2D eigenvalue weighted by molar-refractivity contribution is 0.0636. The third-order valence-corrected chi connectivity index (χ3v) is 7.08. The number of carbonyl (C=O) groups excluding carboxylic acids is 2. The van der Waals surface area contributed by atoms with E-state index in [1.54, 1.807) is 24.3 Å². The van der Waals surface area contributed by atoms with Crippen molar-refractivity contribution >= 4 is 23.6 Å². The summed E-state index contributed by atoms with van der Waals surface area (Å²) in [5.41, 5.74) is 4.91. The van der Waals surface area contributed by atoms with E-state index in [9.17, 15) is 9.59 Å². The Kier molecular flexibility index (Phi) is 4.93. The second-order valence-corrected chi connectivity index (χ2v) is 8.73. The van der Waals surface area contributed by atoms with E-state index in [1.807, 2.05) is 11.8 Å². The second kappa shape index (κ2) is 7.74. The van der Waals surface area contributed by atoms with Crippen molar-refractivity contribution in [2.45, 2.75) is 16.7 Å². The quantitative estimate of drug-likeness (QED) is 0.585. The summed E-state index contributed by atoms with van der Waals surface area (Å²) in [6, 6.07) is 24.2. The standard InChI is InChI=1S/C25H22N2O2S/c1-26(14-15-27-24(28)19-10-4-5-11-20(19)25(27)29)23-18-9-3-2-8-17(18)16-30-22-13-7-6-12-21(22)23/h2-13,23H,14-16H2,1H3. The third kappa shape index (κ3) is 3.15. The van der Waals surface area contributed by atoms with Crippen molar-refractivity contribution in [1.29, 1.82) is 0 Å². The molecule has 0 bridgehead atoms. The fraction of sp³-hybridized carbons (Fsp3) is 0.200. The van der Waals surface area contributed by atoms with Crippen molar-refractivity contribution in [2.75, 3.05) is 20.1 Å². The van der Waals surface area contributed by atoms with Crippen molar-refractivity contribution < 1.29 is 9.59 Å². The van der Waals surface area contributed by atoms with Crippen molar-refractivity contribution in [2.24, 2.45) is 0 Å². The summed E-state index contributed by atoms with van der Waals surface area (Å²) in [5.74, 6) is 0.554. The van der Waals surface area contributed by atoms with Gasteiger partial charge in [-0.15, -0.1) is 11.8 Å². The lowest BCUT2D eigenvalue weighted by Gasteiger charge is -2.31. The lowest BCUT2D eigenvalue weighted by atomic mass is 9.94. The van der Waals surface area contributed by atoms with Gasteiger partial charge in [0, 0.05) is 23.7 Å². The molecule has 30 heavy (non-hydrogen) atoms. The second-order valence-electron chi connectivity index (χ2n) is 7.72. The van der Waals surface area contributed by atoms with Gasteiger partial charge < -0.3 is 0 Å². The zero-order valence-corrected chi connectivity index (χ0v) is 17.6. The zero-order chi connectivity index (χ0) is 20.7. The Morgan fingerprint density at radius 2 is 1.47 bits per heavy atom. The smallest absolute Gasteiger partial charge is 0.261 e. The fourth-order valence-electron chi connectivity index (χ4n) is 4.40. The average Bonchev–Trinajstić information content (AvgIpc) is 2.92. The van der Waals surface area contributed by atoms with Crippen LogP contribution in [0.1, 0.15) is 43.4 Å². The van der Waals surface area contributed by atoms with Crippen molar-refractivity contribution in [3.05, 3.63) is 101 Å². The molecule has 1 unspecified atom stereocenters. The molecule has 4 nitrogen and oxygen atoms in total. The molecule has 2 aliphatic rings. The van der Waals surface area contributed by atoms with Crippen LogP contribution in [0.2, 0.25) is 0 Å². The van der Waals surface area contributed by atoms with E-state index in [2.05, 4.69) is 60.5 Å². The molecule has 5 rings (SSSR count). The Morgan fingerprint density at radius 3 is 2.20 bits per heavy atom. The molecule has 0 radical (unpaired) electrons. The van der Waals surface area contributed by atoms with Gasteiger partial charge in [0.05, 0.1) is 17.2 Å². The SMILES string of the molecule is CN(CCN1C(=O)c2ccccc2C1=O)C1c2ccccc2CSc2ccccc21. The molecule has 0 aliphatic carbocycles. The van der Waals surface area contributed by atoms with E-state index < -0.39 is 0 Å². The average molecular weight is 415 g/mol. The summed E-state index contributed by atoms with van der Waals surface area (Å²) in [5, 5.41) is 0. The predicted molar refractivity (Wildman–Crippen MR) is 119 cm³/mol. The highest BCUT2D eigenvalue weighted by Gasteiger charge is 2.35. The summed E-state index contributed by atoms with van der Waals surface area (Å²) in [4.78, 5) is 30.4. The molecular weight excluding hydrogens is 392 g/mol. The van der Waals surface area contributed by atoms with Crippen LogP contribution in [0.25, 0.3) is 0 Å². The van der Waals surface area contributed by atoms with Crippen LogP contribution >= 0.6 is 11.8 Å². The van der Waals surface area contributed by atoms with Crippen LogP contribution in [0.3, 0.4) is 0 Å². The van der Waals surface area contributed by atoms with Crippen molar-refractivity contribution in [3.63, 3.8) is 0 Å². The van der Waals surface area contributed by atoms with Gasteiger partial charge in [0.2, 0.25) is 0 Å². The lowest BCUT2D eigenvalue weighted by Crippen LogP contribution is -2.38. The van der Waals surface area contributed by atoms with Crippen molar-refractivity contribution in [1.82, 2.24) is 9.80 Å². The Balaban J connectivity index is 1.43. The largest absolute Gasteiger partial charge is 0.294 e. The predicted octanol–water partition coefficient (Wildman–Crippen LogP) is 4.61. The van der Waals surface area contributed by atoms with E-state index >= 15 is 0 Å². The van der Waals surface area contributed by atoms with Crippen LogP contribution < -0.4 is 0 Å². The summed E-state index contributed by atoms with van der Waals surface area (Å²) < 4.78 is 0. The highest BCUT2D eigenvalue weighted by atomic mass is 32.2. The van der Waals surface area contributed by atoms with E-state index in [-0.39, 0.29) is 17.9 Å². The van der Waals surface area contributed by atoms with E-state index in [1.165, 1.54) is 26.5 Å². The Labute approximate surface area is 180 Å². The first-order valence-corrected chi connectivity index (χ1v) is 11.1. The van der Waals surface area contributed by atoms with Crippen LogP contribution in [0.15, 0.2) is 77.7 Å². The molecule has 2 amide bonds. The number of likely N-dealkylation sites (N-methyl/N-ethyl adjacent to an activating group) is 1. The van der Waals surface area contributed by atoms with Gasteiger partial charge in [0.1, 0.15) is 0 Å². The highest BCUT2D eigenvalue weighted by molar-refractivity contribution is 7.98. The van der Waals surface area contributed by atoms with Gasteiger partial charge in [-0.3, -0.25) is 19.4 Å². The van der Waals surface area contributed by atoms with E-state index in [0.717, 1.165) is 5.75 Å². The van der Waals surface area contributed by atoms with Gasteiger partial charge in [-0.05, 0) is 41.9 Å². The Bertz CT molecular complexity index is 1060. The number of rotatable bonds is 4. The maximum atomic E-state index is 12.7. The number of nitrogens with zero attached hydrogens (tertiary/aromatic N) is 2. The van der Waals surface area contributed by atoms with Crippen LogP contribution in [0.4, 0.5) is 0 Å². The van der Waals surface area contributed by atoms with E-state index in [4.69, 9.17) is 0 Å². The number of imide groups is 1. The van der Waals surface area contributed by atoms with Gasteiger partial charge in [-0.1, -0.05) is 54.6 Å². The fourth-order valence-corrected chi connectivity index (χ4v) is 5.49. The highest BCUT2D eigenvalue weighted by Crippen LogP contribution is 2.41. The van der Waals surface area contributed by atoms with Crippen LogP contribution in [-0.4, -0.2) is 41.8 Å². The first kappa shape index (κ1) is 19.1. The number of amides is 2. The molecule has 3 aromatic rings. The van der Waals surface area contributed by atoms with Gasteiger partial charge >= 0.3 is 0 Å². The summed E-state index contributed by atoms with van der Waals surface area (Å²) in [7, 11) is 2.08. The number of benzene rings is 3. The minimum Gasteiger partial charge on any atom is -0.294 e. The number of hydrogen-bond donors (Lipinski definition) is 0. The molecule has 0 aromatic heterocycles. The van der Waals surface area contributed by atoms with Crippen molar-refractivity contribution in [3.8, 4) is 0 Å². The Morgan fingerprint density at radius 1 is 0.867 bits per heavy atom. The normalized spacial score (nSPS) is 17.5. The van der Waals surface area contributed by atoms with Crippen LogP contribution in [-0.2, 0) is 5.75 Å². The first-order chi connectivity index (χ1) is 14.6. The molecule has 1 atom stereocenters. The maximum absolute atomic E-state index is 12.7. The van der Waals surface area contributed by atoms with E-state index in [0.29, 0.717) is 24.2 Å².